The zero-order valence-corrected chi connectivity index (χ0v) is 20.6. The van der Waals surface area contributed by atoms with E-state index in [-0.39, 0.29) is 12.5 Å². The molecule has 0 saturated carbocycles. The molecule has 8 heteroatoms. The average Bonchev–Trinajstić information content (AvgIpc) is 2.91. The smallest absolute Gasteiger partial charge is 0.326 e. The summed E-state index contributed by atoms with van der Waals surface area (Å²) in [4.78, 5) is 39.7. The second-order valence-corrected chi connectivity index (χ2v) is 8.05. The van der Waals surface area contributed by atoms with Gasteiger partial charge in [-0.05, 0) is 36.2 Å². The van der Waals surface area contributed by atoms with Gasteiger partial charge in [-0.25, -0.2) is 0 Å². The molecule has 3 aromatic carbocycles. The normalized spacial score (nSPS) is 11.2. The summed E-state index contributed by atoms with van der Waals surface area (Å²) in [5, 5.41) is 2.51. The van der Waals surface area contributed by atoms with Crippen LogP contribution in [0.4, 0.5) is 0 Å². The summed E-state index contributed by atoms with van der Waals surface area (Å²) in [6.07, 6.45) is -1.03. The minimum absolute atomic E-state index is 0.293. The predicted molar refractivity (Wildman–Crippen MR) is 135 cm³/mol. The molecule has 3 aromatic rings. The molecule has 1 unspecified atom stereocenters. The van der Waals surface area contributed by atoms with Gasteiger partial charge in [-0.2, -0.15) is 0 Å². The number of nitrogens with zero attached hydrogens (tertiary/aromatic N) is 1. The molecule has 0 radical (unpaired) electrons. The summed E-state index contributed by atoms with van der Waals surface area (Å²) in [7, 11) is 2.96. The van der Waals surface area contributed by atoms with Crippen molar-refractivity contribution >= 4 is 17.8 Å². The Bertz CT molecular complexity index is 1130. The molecule has 0 heterocycles. The van der Waals surface area contributed by atoms with Crippen molar-refractivity contribution in [2.24, 2.45) is 0 Å². The Labute approximate surface area is 210 Å². The standard InChI is InChI=1S/C28H30N2O6/c1-20(36-26(31)17-29-27(32)23-14-15-24(34-2)25(16-23)35-3)28(33)30(18-21-10-6-4-7-11-21)19-22-12-8-5-9-13-22/h4-16,20H,17-19H2,1-3H3,(H,29,32). The fourth-order valence-corrected chi connectivity index (χ4v) is 3.60. The highest BCUT2D eigenvalue weighted by Gasteiger charge is 2.24. The van der Waals surface area contributed by atoms with E-state index < -0.39 is 18.0 Å². The van der Waals surface area contributed by atoms with Crippen LogP contribution < -0.4 is 14.8 Å². The van der Waals surface area contributed by atoms with Gasteiger partial charge in [0, 0.05) is 18.7 Å². The number of esters is 1. The number of hydrogen-bond donors (Lipinski definition) is 1. The quantitative estimate of drug-likeness (QED) is 0.413. The predicted octanol–water partition coefficient (Wildman–Crippen LogP) is 3.59. The van der Waals surface area contributed by atoms with Gasteiger partial charge in [-0.1, -0.05) is 60.7 Å². The molecule has 8 nitrogen and oxygen atoms in total. The number of nitrogens with one attached hydrogen (secondary N) is 1. The molecular weight excluding hydrogens is 460 g/mol. The fourth-order valence-electron chi connectivity index (χ4n) is 3.60. The molecule has 1 atom stereocenters. The first-order valence-corrected chi connectivity index (χ1v) is 11.5. The SMILES string of the molecule is COc1ccc(C(=O)NCC(=O)OC(C)C(=O)N(Cc2ccccc2)Cc2ccccc2)cc1OC. The van der Waals surface area contributed by atoms with Crippen LogP contribution in [-0.2, 0) is 27.4 Å². The van der Waals surface area contributed by atoms with Crippen molar-refractivity contribution in [3.05, 3.63) is 95.6 Å². The topological polar surface area (TPSA) is 94.2 Å². The zero-order chi connectivity index (χ0) is 25.9. The second kappa shape index (κ2) is 12.9. The second-order valence-electron chi connectivity index (χ2n) is 8.05. The lowest BCUT2D eigenvalue weighted by Crippen LogP contribution is -2.41. The van der Waals surface area contributed by atoms with Gasteiger partial charge in [0.1, 0.15) is 6.54 Å². The van der Waals surface area contributed by atoms with E-state index >= 15 is 0 Å². The maximum atomic E-state index is 13.2. The lowest BCUT2D eigenvalue weighted by Gasteiger charge is -2.26. The first-order valence-electron chi connectivity index (χ1n) is 11.5. The third-order valence-corrected chi connectivity index (χ3v) is 5.44. The molecule has 36 heavy (non-hydrogen) atoms. The van der Waals surface area contributed by atoms with Gasteiger partial charge < -0.3 is 24.4 Å². The molecule has 0 fully saturated rings. The molecule has 0 aromatic heterocycles. The van der Waals surface area contributed by atoms with Crippen LogP contribution in [-0.4, -0.2) is 49.6 Å². The molecule has 0 spiro atoms. The number of ether oxygens (including phenoxy) is 3. The highest BCUT2D eigenvalue weighted by molar-refractivity contribution is 5.96. The minimum atomic E-state index is -1.03. The summed E-state index contributed by atoms with van der Waals surface area (Å²) in [5.41, 5.74) is 2.21. The van der Waals surface area contributed by atoms with Crippen LogP contribution in [0, 0.1) is 0 Å². The van der Waals surface area contributed by atoms with E-state index in [0.717, 1.165) is 11.1 Å². The average molecular weight is 491 g/mol. The van der Waals surface area contributed by atoms with Crippen molar-refractivity contribution in [2.45, 2.75) is 26.1 Å². The van der Waals surface area contributed by atoms with E-state index in [0.29, 0.717) is 30.2 Å². The van der Waals surface area contributed by atoms with Crippen LogP contribution in [0.3, 0.4) is 0 Å². The van der Waals surface area contributed by atoms with Crippen LogP contribution in [0.2, 0.25) is 0 Å². The molecule has 0 saturated heterocycles. The van der Waals surface area contributed by atoms with E-state index in [9.17, 15) is 14.4 Å². The van der Waals surface area contributed by atoms with Crippen molar-refractivity contribution in [3.8, 4) is 11.5 Å². The monoisotopic (exact) mass is 490 g/mol. The van der Waals surface area contributed by atoms with E-state index in [4.69, 9.17) is 14.2 Å². The van der Waals surface area contributed by atoms with Crippen molar-refractivity contribution in [3.63, 3.8) is 0 Å². The van der Waals surface area contributed by atoms with Gasteiger partial charge >= 0.3 is 5.97 Å². The molecular formula is C28H30N2O6. The molecule has 0 aliphatic rings. The van der Waals surface area contributed by atoms with Crippen molar-refractivity contribution in [1.82, 2.24) is 10.2 Å². The van der Waals surface area contributed by atoms with E-state index in [1.807, 2.05) is 60.7 Å². The Morgan fingerprint density at radius 2 is 1.36 bits per heavy atom. The third kappa shape index (κ3) is 7.33. The maximum absolute atomic E-state index is 13.2. The lowest BCUT2D eigenvalue weighted by atomic mass is 10.1. The van der Waals surface area contributed by atoms with Crippen molar-refractivity contribution in [1.29, 1.82) is 0 Å². The summed E-state index contributed by atoms with van der Waals surface area (Å²) < 4.78 is 15.7. The van der Waals surface area contributed by atoms with Crippen LogP contribution in [0.1, 0.15) is 28.4 Å². The number of hydrogen-bond acceptors (Lipinski definition) is 6. The fraction of sp³-hybridized carbons (Fsp3) is 0.250. The first-order chi connectivity index (χ1) is 17.4. The Kier molecular flexibility index (Phi) is 9.45. The van der Waals surface area contributed by atoms with Crippen molar-refractivity contribution < 1.29 is 28.6 Å². The number of amides is 2. The molecule has 0 bridgehead atoms. The van der Waals surface area contributed by atoms with Crippen molar-refractivity contribution in [2.75, 3.05) is 20.8 Å². The van der Waals surface area contributed by atoms with Gasteiger partial charge in [0.15, 0.2) is 17.6 Å². The van der Waals surface area contributed by atoms with Gasteiger partial charge in [-0.3, -0.25) is 14.4 Å². The Balaban J connectivity index is 1.60. The van der Waals surface area contributed by atoms with E-state index in [1.165, 1.54) is 27.2 Å². The van der Waals surface area contributed by atoms with Gasteiger partial charge in [0.2, 0.25) is 0 Å². The summed E-state index contributed by atoms with van der Waals surface area (Å²) >= 11 is 0. The maximum Gasteiger partial charge on any atom is 0.326 e. The lowest BCUT2D eigenvalue weighted by molar-refractivity contribution is -0.158. The van der Waals surface area contributed by atoms with Gasteiger partial charge in [0.05, 0.1) is 14.2 Å². The Morgan fingerprint density at radius 3 is 1.89 bits per heavy atom. The molecule has 188 valence electrons. The van der Waals surface area contributed by atoms with Crippen LogP contribution in [0.15, 0.2) is 78.9 Å². The Hall–Kier alpha value is -4.33. The highest BCUT2D eigenvalue weighted by atomic mass is 16.5. The molecule has 0 aliphatic carbocycles. The molecule has 1 N–H and O–H groups in total. The van der Waals surface area contributed by atoms with E-state index in [2.05, 4.69) is 5.32 Å². The number of carbonyl (C=O) groups is 3. The number of carbonyl (C=O) groups excluding carboxylic acids is 3. The number of rotatable bonds is 11. The summed E-state index contributed by atoms with van der Waals surface area (Å²) in [6, 6.07) is 23.9. The van der Waals surface area contributed by atoms with Crippen LogP contribution >= 0.6 is 0 Å². The van der Waals surface area contributed by atoms with Gasteiger partial charge in [-0.15, -0.1) is 0 Å². The zero-order valence-electron chi connectivity index (χ0n) is 20.6. The molecule has 0 aliphatic heterocycles. The molecule has 3 rings (SSSR count). The van der Waals surface area contributed by atoms with Gasteiger partial charge in [0.25, 0.3) is 11.8 Å². The van der Waals surface area contributed by atoms with E-state index in [1.54, 1.807) is 17.0 Å². The third-order valence-electron chi connectivity index (χ3n) is 5.44. The summed E-state index contributed by atoms with van der Waals surface area (Å²) in [5.74, 6) is -0.659. The van der Waals surface area contributed by atoms with Crippen LogP contribution in [0.25, 0.3) is 0 Å². The summed E-state index contributed by atoms with van der Waals surface area (Å²) in [6.45, 7) is 1.88. The Morgan fingerprint density at radius 1 is 0.806 bits per heavy atom. The largest absolute Gasteiger partial charge is 0.493 e. The highest BCUT2D eigenvalue weighted by Crippen LogP contribution is 2.27. The minimum Gasteiger partial charge on any atom is -0.493 e. The molecule has 2 amide bonds. The first kappa shape index (κ1) is 26.3. The van der Waals surface area contributed by atoms with Crippen LogP contribution in [0.5, 0.6) is 11.5 Å². The number of methoxy groups -OCH3 is 2. The number of benzene rings is 3.